The first-order chi connectivity index (χ1) is 12.2. The standard InChI is InChI=1S/C20H27NO5/c1-6-24-18(22)14(2)15-7-9-16(10-8-15)25-17-11-12-21(13-17)19(23)26-20(3,4)5/h7-10,17H,2,6,11-13H2,1,3-5H3/t17-/m0/s1. The average molecular weight is 361 g/mol. The Morgan fingerprint density at radius 1 is 1.23 bits per heavy atom. The number of carbonyl (C=O) groups excluding carboxylic acids is 2. The Hall–Kier alpha value is -2.50. The van der Waals surface area contributed by atoms with Crippen LogP contribution in [0.25, 0.3) is 5.57 Å². The fraction of sp³-hybridized carbons (Fsp3) is 0.500. The molecule has 1 aromatic rings. The lowest BCUT2D eigenvalue weighted by Gasteiger charge is -2.24. The number of esters is 1. The number of amides is 1. The van der Waals surface area contributed by atoms with Crippen LogP contribution in [0.4, 0.5) is 4.79 Å². The van der Waals surface area contributed by atoms with Gasteiger partial charge in [-0.3, -0.25) is 0 Å². The molecule has 1 saturated heterocycles. The Labute approximate surface area is 154 Å². The van der Waals surface area contributed by atoms with Crippen LogP contribution >= 0.6 is 0 Å². The lowest BCUT2D eigenvalue weighted by molar-refractivity contribution is -0.136. The van der Waals surface area contributed by atoms with Crippen LogP contribution in [0.15, 0.2) is 30.8 Å². The Balaban J connectivity index is 1.89. The largest absolute Gasteiger partial charge is 0.489 e. The van der Waals surface area contributed by atoms with Crippen LogP contribution < -0.4 is 4.74 Å². The van der Waals surface area contributed by atoms with E-state index in [1.165, 1.54) is 0 Å². The molecule has 1 amide bonds. The Kier molecular flexibility index (Phi) is 6.29. The van der Waals surface area contributed by atoms with Gasteiger partial charge in [-0.2, -0.15) is 0 Å². The quantitative estimate of drug-likeness (QED) is 0.592. The normalized spacial score (nSPS) is 16.9. The maximum absolute atomic E-state index is 12.1. The summed E-state index contributed by atoms with van der Waals surface area (Å²) >= 11 is 0. The van der Waals surface area contributed by atoms with Crippen molar-refractivity contribution < 1.29 is 23.8 Å². The maximum Gasteiger partial charge on any atom is 0.410 e. The molecule has 1 atom stereocenters. The zero-order valence-electron chi connectivity index (χ0n) is 15.9. The van der Waals surface area contributed by atoms with Gasteiger partial charge >= 0.3 is 12.1 Å². The van der Waals surface area contributed by atoms with Gasteiger partial charge in [0.15, 0.2) is 0 Å². The summed E-state index contributed by atoms with van der Waals surface area (Å²) in [5.41, 5.74) is 0.501. The zero-order chi connectivity index (χ0) is 19.3. The summed E-state index contributed by atoms with van der Waals surface area (Å²) in [5.74, 6) is 0.256. The van der Waals surface area contributed by atoms with E-state index in [-0.39, 0.29) is 12.2 Å². The first-order valence-electron chi connectivity index (χ1n) is 8.80. The van der Waals surface area contributed by atoms with E-state index < -0.39 is 11.6 Å². The minimum absolute atomic E-state index is 0.0818. The number of ether oxygens (including phenoxy) is 3. The molecule has 0 radical (unpaired) electrons. The van der Waals surface area contributed by atoms with Gasteiger partial charge in [0.2, 0.25) is 0 Å². The number of hydrogen-bond donors (Lipinski definition) is 0. The molecule has 0 saturated carbocycles. The molecule has 6 nitrogen and oxygen atoms in total. The van der Waals surface area contributed by atoms with Gasteiger partial charge in [0, 0.05) is 13.0 Å². The number of rotatable bonds is 5. The van der Waals surface area contributed by atoms with Gasteiger partial charge in [-0.15, -0.1) is 0 Å². The van der Waals surface area contributed by atoms with Crippen LogP contribution in [-0.4, -0.2) is 48.4 Å². The Morgan fingerprint density at radius 3 is 2.46 bits per heavy atom. The lowest BCUT2D eigenvalue weighted by atomic mass is 10.1. The van der Waals surface area contributed by atoms with E-state index in [4.69, 9.17) is 14.2 Å². The molecular weight excluding hydrogens is 334 g/mol. The molecule has 1 aromatic carbocycles. The van der Waals surface area contributed by atoms with Crippen molar-refractivity contribution in [2.45, 2.75) is 45.8 Å². The predicted octanol–water partition coefficient (Wildman–Crippen LogP) is 3.65. The fourth-order valence-corrected chi connectivity index (χ4v) is 2.58. The topological polar surface area (TPSA) is 65.1 Å². The van der Waals surface area contributed by atoms with Crippen LogP contribution in [0.2, 0.25) is 0 Å². The van der Waals surface area contributed by atoms with Gasteiger partial charge in [-0.05, 0) is 45.4 Å². The molecule has 1 aliphatic heterocycles. The molecule has 142 valence electrons. The van der Waals surface area contributed by atoms with Gasteiger partial charge in [0.05, 0.1) is 18.7 Å². The second-order valence-corrected chi connectivity index (χ2v) is 7.18. The number of benzene rings is 1. The second kappa shape index (κ2) is 8.25. The third-order valence-electron chi connectivity index (χ3n) is 3.82. The van der Waals surface area contributed by atoms with Crippen molar-refractivity contribution in [3.8, 4) is 5.75 Å². The third kappa shape index (κ3) is 5.51. The van der Waals surface area contributed by atoms with Crippen LogP contribution in [0.5, 0.6) is 5.75 Å². The van der Waals surface area contributed by atoms with Gasteiger partial charge in [0.1, 0.15) is 17.5 Å². The van der Waals surface area contributed by atoms with Crippen LogP contribution in [-0.2, 0) is 14.3 Å². The summed E-state index contributed by atoms with van der Waals surface area (Å²) in [6.45, 7) is 12.5. The van der Waals surface area contributed by atoms with Crippen molar-refractivity contribution in [2.75, 3.05) is 19.7 Å². The van der Waals surface area contributed by atoms with Gasteiger partial charge in [-0.1, -0.05) is 18.7 Å². The highest BCUT2D eigenvalue weighted by Gasteiger charge is 2.30. The zero-order valence-corrected chi connectivity index (χ0v) is 15.9. The number of likely N-dealkylation sites (tertiary alicyclic amines) is 1. The summed E-state index contributed by atoms with van der Waals surface area (Å²) in [6.07, 6.45) is 0.350. The molecule has 1 aliphatic rings. The lowest BCUT2D eigenvalue weighted by Crippen LogP contribution is -2.36. The van der Waals surface area contributed by atoms with E-state index in [0.717, 1.165) is 6.42 Å². The summed E-state index contributed by atoms with van der Waals surface area (Å²) in [7, 11) is 0. The first kappa shape index (κ1) is 19.8. The minimum atomic E-state index is -0.507. The predicted molar refractivity (Wildman–Crippen MR) is 98.9 cm³/mol. The van der Waals surface area contributed by atoms with Gasteiger partial charge in [0.25, 0.3) is 0 Å². The number of carbonyl (C=O) groups is 2. The van der Waals surface area contributed by atoms with E-state index in [1.807, 2.05) is 20.8 Å². The molecule has 26 heavy (non-hydrogen) atoms. The van der Waals surface area contributed by atoms with Crippen LogP contribution in [0.1, 0.15) is 39.7 Å². The van der Waals surface area contributed by atoms with Crippen molar-refractivity contribution >= 4 is 17.6 Å². The van der Waals surface area contributed by atoms with Crippen molar-refractivity contribution in [1.29, 1.82) is 0 Å². The molecule has 6 heteroatoms. The first-order valence-corrected chi connectivity index (χ1v) is 8.80. The van der Waals surface area contributed by atoms with E-state index in [0.29, 0.717) is 36.6 Å². The summed E-state index contributed by atoms with van der Waals surface area (Å²) < 4.78 is 16.3. The van der Waals surface area contributed by atoms with E-state index >= 15 is 0 Å². The van der Waals surface area contributed by atoms with E-state index in [9.17, 15) is 9.59 Å². The van der Waals surface area contributed by atoms with Gasteiger partial charge < -0.3 is 19.1 Å². The highest BCUT2D eigenvalue weighted by atomic mass is 16.6. The Bertz CT molecular complexity index is 660. The number of nitrogens with zero attached hydrogens (tertiary/aromatic N) is 1. The highest BCUT2D eigenvalue weighted by Crippen LogP contribution is 2.23. The second-order valence-electron chi connectivity index (χ2n) is 7.18. The average Bonchev–Trinajstić information content (AvgIpc) is 3.02. The molecule has 0 unspecified atom stereocenters. The molecule has 0 N–H and O–H groups in total. The molecule has 0 aliphatic carbocycles. The minimum Gasteiger partial charge on any atom is -0.489 e. The smallest absolute Gasteiger partial charge is 0.410 e. The highest BCUT2D eigenvalue weighted by molar-refractivity contribution is 6.15. The van der Waals surface area contributed by atoms with Crippen LogP contribution in [0, 0.1) is 0 Å². The number of hydrogen-bond acceptors (Lipinski definition) is 5. The summed E-state index contributed by atoms with van der Waals surface area (Å²) in [6, 6.07) is 7.12. The monoisotopic (exact) mass is 361 g/mol. The van der Waals surface area contributed by atoms with Crippen molar-refractivity contribution in [2.24, 2.45) is 0 Å². The molecule has 0 bridgehead atoms. The third-order valence-corrected chi connectivity index (χ3v) is 3.82. The van der Waals surface area contributed by atoms with Crippen molar-refractivity contribution in [1.82, 2.24) is 4.90 Å². The molecule has 1 heterocycles. The maximum atomic E-state index is 12.1. The van der Waals surface area contributed by atoms with Crippen molar-refractivity contribution in [3.63, 3.8) is 0 Å². The molecular formula is C20H27NO5. The molecule has 0 aromatic heterocycles. The molecule has 2 rings (SSSR count). The van der Waals surface area contributed by atoms with Crippen LogP contribution in [0.3, 0.4) is 0 Å². The fourth-order valence-electron chi connectivity index (χ4n) is 2.58. The van der Waals surface area contributed by atoms with E-state index in [2.05, 4.69) is 6.58 Å². The Morgan fingerprint density at radius 2 is 1.88 bits per heavy atom. The summed E-state index contributed by atoms with van der Waals surface area (Å²) in [4.78, 5) is 25.5. The molecule has 0 spiro atoms. The summed E-state index contributed by atoms with van der Waals surface area (Å²) in [5, 5.41) is 0. The van der Waals surface area contributed by atoms with Gasteiger partial charge in [-0.25, -0.2) is 9.59 Å². The van der Waals surface area contributed by atoms with E-state index in [1.54, 1.807) is 36.1 Å². The molecule has 1 fully saturated rings. The van der Waals surface area contributed by atoms with Crippen molar-refractivity contribution in [3.05, 3.63) is 36.4 Å². The SMILES string of the molecule is C=C(C(=O)OCC)c1ccc(O[C@H]2CCN(C(=O)OC(C)(C)C)C2)cc1.